The van der Waals surface area contributed by atoms with Crippen LogP contribution in [0.4, 0.5) is 13.2 Å². The molecule has 1 atom stereocenters. The van der Waals surface area contributed by atoms with Gasteiger partial charge < -0.3 is 15.8 Å². The topological polar surface area (TPSA) is 123 Å². The van der Waals surface area contributed by atoms with Gasteiger partial charge in [-0.1, -0.05) is 0 Å². The molecule has 8 nitrogen and oxygen atoms in total. The third kappa shape index (κ3) is 4.07. The lowest BCUT2D eigenvalue weighted by molar-refractivity contribution is -0.141. The maximum atomic E-state index is 13.1. The minimum Gasteiger partial charge on any atom is -0.376 e. The molecule has 0 radical (unpaired) electrons. The molecule has 1 aliphatic rings. The number of nitriles is 1. The van der Waals surface area contributed by atoms with Crippen molar-refractivity contribution in [2.45, 2.75) is 25.6 Å². The predicted octanol–water partition coefficient (Wildman–Crippen LogP) is 1.69. The monoisotopic (exact) mass is 407 g/mol. The molecular formula is C18H16F3N5O3. The van der Waals surface area contributed by atoms with Crippen molar-refractivity contribution in [2.24, 2.45) is 5.73 Å². The van der Waals surface area contributed by atoms with Crippen LogP contribution in [0.5, 0.6) is 0 Å². The van der Waals surface area contributed by atoms with Gasteiger partial charge in [-0.3, -0.25) is 9.59 Å². The van der Waals surface area contributed by atoms with Crippen LogP contribution in [0, 0.1) is 18.3 Å². The second-order valence-corrected chi connectivity index (χ2v) is 6.48. The molecule has 29 heavy (non-hydrogen) atoms. The molecule has 1 unspecified atom stereocenters. The van der Waals surface area contributed by atoms with E-state index in [1.807, 2.05) is 6.07 Å². The molecule has 1 saturated heterocycles. The van der Waals surface area contributed by atoms with E-state index in [0.29, 0.717) is 17.4 Å². The number of aryl methyl sites for hydroxylation is 1. The van der Waals surface area contributed by atoms with E-state index in [1.165, 1.54) is 19.1 Å². The van der Waals surface area contributed by atoms with Crippen LogP contribution in [0.15, 0.2) is 18.2 Å². The number of hydrogen-bond donors (Lipinski definition) is 2. The molecule has 11 heteroatoms. The van der Waals surface area contributed by atoms with Crippen molar-refractivity contribution in [1.82, 2.24) is 15.1 Å². The third-order valence-corrected chi connectivity index (χ3v) is 4.42. The van der Waals surface area contributed by atoms with Crippen LogP contribution in [0.3, 0.4) is 0 Å². The number of primary amides is 1. The van der Waals surface area contributed by atoms with Crippen LogP contribution >= 0.6 is 0 Å². The van der Waals surface area contributed by atoms with Crippen LogP contribution in [0.1, 0.15) is 44.1 Å². The predicted molar refractivity (Wildman–Crippen MR) is 93.2 cm³/mol. The zero-order valence-corrected chi connectivity index (χ0v) is 15.2. The van der Waals surface area contributed by atoms with E-state index in [4.69, 9.17) is 10.5 Å². The summed E-state index contributed by atoms with van der Waals surface area (Å²) >= 11 is 0. The number of ether oxygens (including phenoxy) is 1. The maximum Gasteiger partial charge on any atom is 0.435 e. The van der Waals surface area contributed by atoms with Gasteiger partial charge in [0.1, 0.15) is 5.69 Å². The highest BCUT2D eigenvalue weighted by Crippen LogP contribution is 2.31. The Balaban J connectivity index is 2.13. The normalized spacial score (nSPS) is 16.0. The molecular weight excluding hydrogens is 391 g/mol. The van der Waals surface area contributed by atoms with E-state index in [0.717, 1.165) is 6.42 Å². The number of halogens is 3. The molecule has 0 spiro atoms. The summed E-state index contributed by atoms with van der Waals surface area (Å²) in [6.45, 7) is 2.27. The zero-order chi connectivity index (χ0) is 21.3. The fourth-order valence-electron chi connectivity index (χ4n) is 2.91. The number of benzene rings is 1. The number of rotatable bonds is 5. The van der Waals surface area contributed by atoms with Gasteiger partial charge in [-0.05, 0) is 31.0 Å². The Kier molecular flexibility index (Phi) is 5.30. The largest absolute Gasteiger partial charge is 0.435 e. The van der Waals surface area contributed by atoms with Crippen LogP contribution in [0.2, 0.25) is 0 Å². The summed E-state index contributed by atoms with van der Waals surface area (Å²) in [6.07, 6.45) is -4.20. The van der Waals surface area contributed by atoms with Gasteiger partial charge in [0, 0.05) is 19.2 Å². The molecule has 3 rings (SSSR count). The van der Waals surface area contributed by atoms with Crippen molar-refractivity contribution in [2.75, 3.05) is 13.2 Å². The van der Waals surface area contributed by atoms with Gasteiger partial charge in [-0.25, -0.2) is 4.68 Å². The summed E-state index contributed by atoms with van der Waals surface area (Å²) in [6, 6.07) is 5.00. The molecule has 1 aromatic heterocycles. The first kappa shape index (κ1) is 20.3. The molecule has 2 heterocycles. The molecule has 1 aromatic carbocycles. The Morgan fingerprint density at radius 1 is 1.41 bits per heavy atom. The molecule has 0 saturated carbocycles. The smallest absolute Gasteiger partial charge is 0.376 e. The second kappa shape index (κ2) is 7.56. The first-order chi connectivity index (χ1) is 13.6. The summed E-state index contributed by atoms with van der Waals surface area (Å²) in [5, 5.41) is 15.3. The summed E-state index contributed by atoms with van der Waals surface area (Å²) < 4.78 is 45.3. The van der Waals surface area contributed by atoms with Crippen LogP contribution in [-0.2, 0) is 10.9 Å². The highest BCUT2D eigenvalue weighted by molar-refractivity contribution is 6.00. The number of aromatic nitrogens is 2. The third-order valence-electron chi connectivity index (χ3n) is 4.42. The molecule has 1 aliphatic heterocycles. The van der Waals surface area contributed by atoms with Crippen LogP contribution in [0.25, 0.3) is 5.69 Å². The lowest BCUT2D eigenvalue weighted by atomic mass is 10.0. The highest BCUT2D eigenvalue weighted by Gasteiger charge is 2.36. The minimum atomic E-state index is -4.82. The molecule has 152 valence electrons. The Hall–Kier alpha value is -3.39. The van der Waals surface area contributed by atoms with Crippen molar-refractivity contribution in [1.29, 1.82) is 5.26 Å². The van der Waals surface area contributed by atoms with Gasteiger partial charge in [-0.15, -0.1) is 0 Å². The van der Waals surface area contributed by atoms with Crippen molar-refractivity contribution >= 4 is 11.8 Å². The molecule has 0 aliphatic carbocycles. The van der Waals surface area contributed by atoms with E-state index in [-0.39, 0.29) is 35.0 Å². The van der Waals surface area contributed by atoms with Gasteiger partial charge in [0.2, 0.25) is 0 Å². The van der Waals surface area contributed by atoms with E-state index in [9.17, 15) is 28.0 Å². The van der Waals surface area contributed by atoms with Crippen LogP contribution in [-0.4, -0.2) is 40.9 Å². The number of carbonyl (C=O) groups is 2. The van der Waals surface area contributed by atoms with Crippen molar-refractivity contribution < 1.29 is 27.5 Å². The number of nitrogens with one attached hydrogen (secondary N) is 1. The molecule has 1 fully saturated rings. The van der Waals surface area contributed by atoms with Gasteiger partial charge in [0.25, 0.3) is 11.8 Å². The van der Waals surface area contributed by atoms with Crippen molar-refractivity contribution in [3.63, 3.8) is 0 Å². The lowest BCUT2D eigenvalue weighted by Gasteiger charge is -2.26. The second-order valence-electron chi connectivity index (χ2n) is 6.48. The fraction of sp³-hybridized carbons (Fsp3) is 0.333. The summed E-state index contributed by atoms with van der Waals surface area (Å²) in [4.78, 5) is 24.5. The summed E-state index contributed by atoms with van der Waals surface area (Å²) in [7, 11) is 0. The Labute approximate surface area is 163 Å². The Morgan fingerprint density at radius 3 is 2.62 bits per heavy atom. The number of nitrogens with zero attached hydrogens (tertiary/aromatic N) is 3. The average molecular weight is 407 g/mol. The lowest BCUT2D eigenvalue weighted by Crippen LogP contribution is -2.40. The highest BCUT2D eigenvalue weighted by atomic mass is 19.4. The van der Waals surface area contributed by atoms with Crippen molar-refractivity contribution in [3.05, 3.63) is 46.3 Å². The van der Waals surface area contributed by atoms with Crippen LogP contribution < -0.4 is 11.1 Å². The standard InChI is InChI=1S/C18H16F3N5O3/c1-9-4-10(7-22)5-12(17(28)24-8-11-2-3-29-11)15(9)26-13(16(23)27)6-14(25-26)18(19,20)21/h4-6,11H,2-3,8H2,1H3,(H2,23,27)(H,24,28). The van der Waals surface area contributed by atoms with E-state index in [1.54, 1.807) is 0 Å². The molecule has 0 bridgehead atoms. The van der Waals surface area contributed by atoms with Gasteiger partial charge in [-0.2, -0.15) is 23.5 Å². The number of alkyl halides is 3. The molecule has 2 aromatic rings. The Bertz CT molecular complexity index is 1020. The number of amides is 2. The first-order valence-corrected chi connectivity index (χ1v) is 8.53. The van der Waals surface area contributed by atoms with Gasteiger partial charge in [0.15, 0.2) is 5.69 Å². The SMILES string of the molecule is Cc1cc(C#N)cc(C(=O)NCC2CCO2)c1-n1nc(C(F)(F)F)cc1C(N)=O. The number of nitrogens with two attached hydrogens (primary N) is 1. The first-order valence-electron chi connectivity index (χ1n) is 8.53. The van der Waals surface area contributed by atoms with Gasteiger partial charge >= 0.3 is 6.18 Å². The van der Waals surface area contributed by atoms with E-state index < -0.39 is 29.4 Å². The molecule has 3 N–H and O–H groups in total. The summed E-state index contributed by atoms with van der Waals surface area (Å²) in [5.41, 5.74) is 3.58. The zero-order valence-electron chi connectivity index (χ0n) is 15.2. The maximum absolute atomic E-state index is 13.1. The van der Waals surface area contributed by atoms with Gasteiger partial charge in [0.05, 0.1) is 29.0 Å². The average Bonchev–Trinajstić information content (AvgIpc) is 3.05. The van der Waals surface area contributed by atoms with E-state index >= 15 is 0 Å². The number of hydrogen-bond acceptors (Lipinski definition) is 5. The minimum absolute atomic E-state index is 0.0691. The summed E-state index contributed by atoms with van der Waals surface area (Å²) in [5.74, 6) is -1.79. The van der Waals surface area contributed by atoms with E-state index in [2.05, 4.69) is 10.4 Å². The molecule has 2 amide bonds. The van der Waals surface area contributed by atoms with Crippen molar-refractivity contribution in [3.8, 4) is 11.8 Å². The fourth-order valence-corrected chi connectivity index (χ4v) is 2.91. The number of carbonyl (C=O) groups excluding carboxylic acids is 2. The quantitative estimate of drug-likeness (QED) is 0.781. The Morgan fingerprint density at radius 2 is 2.10 bits per heavy atom.